The van der Waals surface area contributed by atoms with Crippen molar-refractivity contribution in [3.8, 4) is 5.75 Å². The first kappa shape index (κ1) is 7.40. The molecule has 12 heavy (non-hydrogen) atoms. The van der Waals surface area contributed by atoms with Gasteiger partial charge in [0.25, 0.3) is 0 Å². The van der Waals surface area contributed by atoms with E-state index < -0.39 is 0 Å². The summed E-state index contributed by atoms with van der Waals surface area (Å²) in [5.74, 6) is 0.0195. The molecular weight excluding hydrogens is 157 g/mol. The highest BCUT2D eigenvalue weighted by Gasteiger charge is 2.22. The van der Waals surface area contributed by atoms with Crippen molar-refractivity contribution in [1.29, 1.82) is 0 Å². The number of nitrogen functional groups attached to an aromatic ring is 1. The molecule has 2 nitrogen and oxygen atoms in total. The molecule has 1 aliphatic heterocycles. The zero-order valence-corrected chi connectivity index (χ0v) is 6.80. The second-order valence-corrected chi connectivity index (χ2v) is 3.12. The van der Waals surface area contributed by atoms with Crippen LogP contribution in [0.25, 0.3) is 0 Å². The molecule has 0 saturated heterocycles. The number of halogens is 1. The van der Waals surface area contributed by atoms with Gasteiger partial charge in [0.05, 0.1) is 0 Å². The van der Waals surface area contributed by atoms with Gasteiger partial charge in [-0.05, 0) is 13.0 Å². The topological polar surface area (TPSA) is 35.2 Å². The van der Waals surface area contributed by atoms with Crippen molar-refractivity contribution in [1.82, 2.24) is 0 Å². The van der Waals surface area contributed by atoms with E-state index in [4.69, 9.17) is 10.5 Å². The number of ether oxygens (including phenoxy) is 1. The SMILES string of the molecule is CC1Cc2cc(N)cc(F)c2O1. The predicted octanol–water partition coefficient (Wildman–Crippen LogP) is 1.73. The molecule has 0 saturated carbocycles. The maximum atomic E-state index is 13.1. The summed E-state index contributed by atoms with van der Waals surface area (Å²) in [6.07, 6.45) is 0.813. The summed E-state index contributed by atoms with van der Waals surface area (Å²) in [5, 5.41) is 0. The van der Waals surface area contributed by atoms with Crippen LogP contribution in [0.4, 0.5) is 10.1 Å². The molecule has 3 heteroatoms. The molecule has 0 amide bonds. The number of hydrogen-bond acceptors (Lipinski definition) is 2. The van der Waals surface area contributed by atoms with E-state index in [1.54, 1.807) is 6.07 Å². The predicted molar refractivity (Wildman–Crippen MR) is 44.6 cm³/mol. The van der Waals surface area contributed by atoms with Crippen molar-refractivity contribution in [2.45, 2.75) is 19.4 Å². The highest BCUT2D eigenvalue weighted by atomic mass is 19.1. The van der Waals surface area contributed by atoms with Gasteiger partial charge in [0, 0.05) is 23.7 Å². The van der Waals surface area contributed by atoms with Crippen LogP contribution in [0.3, 0.4) is 0 Å². The van der Waals surface area contributed by atoms with Gasteiger partial charge in [0.2, 0.25) is 0 Å². The Bertz CT molecular complexity index is 325. The third-order valence-electron chi connectivity index (χ3n) is 1.97. The summed E-state index contributed by atoms with van der Waals surface area (Å²) in [7, 11) is 0. The number of hydrogen-bond donors (Lipinski definition) is 1. The fraction of sp³-hybridized carbons (Fsp3) is 0.333. The van der Waals surface area contributed by atoms with Crippen molar-refractivity contribution in [3.63, 3.8) is 0 Å². The molecule has 0 fully saturated rings. The van der Waals surface area contributed by atoms with Crippen molar-refractivity contribution in [3.05, 3.63) is 23.5 Å². The zero-order valence-electron chi connectivity index (χ0n) is 6.80. The Morgan fingerprint density at radius 1 is 1.58 bits per heavy atom. The Balaban J connectivity index is 2.52. The molecule has 0 radical (unpaired) electrons. The monoisotopic (exact) mass is 167 g/mol. The maximum absolute atomic E-state index is 13.1. The highest BCUT2D eigenvalue weighted by Crippen LogP contribution is 2.33. The Labute approximate surface area is 70.1 Å². The zero-order chi connectivity index (χ0) is 8.72. The number of nitrogens with two attached hydrogens (primary N) is 1. The Kier molecular flexibility index (Phi) is 1.46. The van der Waals surface area contributed by atoms with E-state index in [1.807, 2.05) is 6.92 Å². The van der Waals surface area contributed by atoms with Crippen LogP contribution in [0, 0.1) is 5.82 Å². The van der Waals surface area contributed by atoms with E-state index in [0.29, 0.717) is 11.4 Å². The molecule has 0 aliphatic carbocycles. The fourth-order valence-corrected chi connectivity index (χ4v) is 1.51. The molecule has 1 unspecified atom stereocenters. The molecule has 1 aromatic rings. The Morgan fingerprint density at radius 2 is 2.33 bits per heavy atom. The molecule has 1 heterocycles. The first-order chi connectivity index (χ1) is 5.66. The second-order valence-electron chi connectivity index (χ2n) is 3.12. The lowest BCUT2D eigenvalue weighted by atomic mass is 10.1. The summed E-state index contributed by atoms with van der Waals surface area (Å²) in [4.78, 5) is 0. The average Bonchev–Trinajstić information content (AvgIpc) is 2.29. The summed E-state index contributed by atoms with van der Waals surface area (Å²) >= 11 is 0. The molecule has 0 spiro atoms. The minimum absolute atomic E-state index is 0.0660. The smallest absolute Gasteiger partial charge is 0.167 e. The van der Waals surface area contributed by atoms with Crippen molar-refractivity contribution >= 4 is 5.69 Å². The van der Waals surface area contributed by atoms with Gasteiger partial charge in [-0.2, -0.15) is 0 Å². The first-order valence-corrected chi connectivity index (χ1v) is 3.91. The number of rotatable bonds is 0. The first-order valence-electron chi connectivity index (χ1n) is 3.91. The van der Waals surface area contributed by atoms with Crippen molar-refractivity contribution < 1.29 is 9.13 Å². The standard InChI is InChI=1S/C9H10FNO/c1-5-2-6-3-7(11)4-8(10)9(6)12-5/h3-5H,2,11H2,1H3. The molecule has 2 N–H and O–H groups in total. The van der Waals surface area contributed by atoms with Gasteiger partial charge in [0.15, 0.2) is 11.6 Å². The molecule has 2 rings (SSSR count). The van der Waals surface area contributed by atoms with Crippen LogP contribution < -0.4 is 10.5 Å². The van der Waals surface area contributed by atoms with Gasteiger partial charge in [-0.1, -0.05) is 0 Å². The van der Waals surface area contributed by atoms with Gasteiger partial charge in [-0.25, -0.2) is 4.39 Å². The summed E-state index contributed by atoms with van der Waals surface area (Å²) < 4.78 is 18.4. The van der Waals surface area contributed by atoms with Crippen LogP contribution in [-0.4, -0.2) is 6.10 Å². The minimum Gasteiger partial charge on any atom is -0.487 e. The third-order valence-corrected chi connectivity index (χ3v) is 1.97. The number of fused-ring (bicyclic) bond motifs is 1. The number of anilines is 1. The van der Waals surface area contributed by atoms with E-state index in [2.05, 4.69) is 0 Å². The quantitative estimate of drug-likeness (QED) is 0.597. The largest absolute Gasteiger partial charge is 0.487 e. The van der Waals surface area contributed by atoms with Gasteiger partial charge in [-0.3, -0.25) is 0 Å². The lowest BCUT2D eigenvalue weighted by Crippen LogP contribution is -2.05. The number of benzene rings is 1. The fourth-order valence-electron chi connectivity index (χ4n) is 1.51. The van der Waals surface area contributed by atoms with E-state index >= 15 is 0 Å². The summed E-state index contributed by atoms with van der Waals surface area (Å²) in [5.41, 5.74) is 6.82. The summed E-state index contributed by atoms with van der Waals surface area (Å²) in [6, 6.07) is 3.05. The van der Waals surface area contributed by atoms with Crippen LogP contribution >= 0.6 is 0 Å². The van der Waals surface area contributed by atoms with E-state index in [-0.39, 0.29) is 11.9 Å². The van der Waals surface area contributed by atoms with Gasteiger partial charge in [-0.15, -0.1) is 0 Å². The molecule has 0 bridgehead atoms. The maximum Gasteiger partial charge on any atom is 0.167 e. The molecule has 1 aliphatic rings. The Morgan fingerprint density at radius 3 is 3.08 bits per heavy atom. The minimum atomic E-state index is -0.352. The lowest BCUT2D eigenvalue weighted by Gasteiger charge is -2.03. The van der Waals surface area contributed by atoms with E-state index in [0.717, 1.165) is 12.0 Å². The normalized spacial score (nSPS) is 20.3. The van der Waals surface area contributed by atoms with Crippen molar-refractivity contribution in [2.24, 2.45) is 0 Å². The summed E-state index contributed by atoms with van der Waals surface area (Å²) in [6.45, 7) is 1.91. The highest BCUT2D eigenvalue weighted by molar-refractivity contribution is 5.50. The van der Waals surface area contributed by atoms with Crippen LogP contribution in [0.5, 0.6) is 5.75 Å². The molecule has 0 aromatic heterocycles. The lowest BCUT2D eigenvalue weighted by molar-refractivity contribution is 0.245. The van der Waals surface area contributed by atoms with Crippen LogP contribution in [-0.2, 0) is 6.42 Å². The van der Waals surface area contributed by atoms with E-state index in [9.17, 15) is 4.39 Å². The van der Waals surface area contributed by atoms with Crippen molar-refractivity contribution in [2.75, 3.05) is 5.73 Å². The molecular formula is C9H10FNO. The van der Waals surface area contributed by atoms with Crippen LogP contribution in [0.2, 0.25) is 0 Å². The molecule has 1 atom stereocenters. The molecule has 1 aromatic carbocycles. The average molecular weight is 167 g/mol. The van der Waals surface area contributed by atoms with Gasteiger partial charge >= 0.3 is 0 Å². The van der Waals surface area contributed by atoms with Crippen LogP contribution in [0.1, 0.15) is 12.5 Å². The molecule has 64 valence electrons. The Hall–Kier alpha value is -1.25. The van der Waals surface area contributed by atoms with E-state index in [1.165, 1.54) is 6.07 Å². The third kappa shape index (κ3) is 1.02. The second kappa shape index (κ2) is 2.37. The van der Waals surface area contributed by atoms with Gasteiger partial charge in [0.1, 0.15) is 6.10 Å². The van der Waals surface area contributed by atoms with Gasteiger partial charge < -0.3 is 10.5 Å². The van der Waals surface area contributed by atoms with Crippen LogP contribution in [0.15, 0.2) is 12.1 Å².